The van der Waals surface area contributed by atoms with E-state index in [0.29, 0.717) is 23.5 Å². The monoisotopic (exact) mass is 224 g/mol. The van der Waals surface area contributed by atoms with Crippen LogP contribution in [-0.2, 0) is 0 Å². The molecule has 0 aliphatic heterocycles. The summed E-state index contributed by atoms with van der Waals surface area (Å²) in [6.07, 6.45) is 8.44. The highest BCUT2D eigenvalue weighted by atomic mass is 16.3. The summed E-state index contributed by atoms with van der Waals surface area (Å²) in [5.41, 5.74) is 0. The van der Waals surface area contributed by atoms with Crippen molar-refractivity contribution in [3.63, 3.8) is 0 Å². The zero-order chi connectivity index (χ0) is 12.1. The summed E-state index contributed by atoms with van der Waals surface area (Å²) in [7, 11) is 0. The molecule has 0 aromatic rings. The Labute approximate surface area is 101 Å². The third kappa shape index (κ3) is 3.26. The van der Waals surface area contributed by atoms with Crippen molar-refractivity contribution in [1.29, 1.82) is 0 Å². The van der Waals surface area contributed by atoms with Crippen molar-refractivity contribution >= 4 is 0 Å². The fourth-order valence-corrected chi connectivity index (χ4v) is 3.34. The molecule has 1 heteroatoms. The van der Waals surface area contributed by atoms with Crippen LogP contribution in [0.2, 0.25) is 0 Å². The number of aliphatic hydroxyl groups is 1. The molecule has 0 aromatic carbocycles. The van der Waals surface area contributed by atoms with Crippen molar-refractivity contribution < 1.29 is 5.11 Å². The lowest BCUT2D eigenvalue weighted by Gasteiger charge is -2.31. The van der Waals surface area contributed by atoms with Crippen LogP contribution in [-0.4, -0.2) is 5.11 Å². The number of hydrogen-bond acceptors (Lipinski definition) is 1. The van der Waals surface area contributed by atoms with Crippen LogP contribution in [0.25, 0.3) is 0 Å². The molecular formula is C15H28O. The molecule has 0 aromatic heterocycles. The van der Waals surface area contributed by atoms with Crippen molar-refractivity contribution in [1.82, 2.24) is 0 Å². The van der Waals surface area contributed by atoms with E-state index in [4.69, 9.17) is 0 Å². The van der Waals surface area contributed by atoms with Crippen LogP contribution in [0.15, 0.2) is 11.8 Å². The Morgan fingerprint density at radius 1 is 1.25 bits per heavy atom. The largest absolute Gasteiger partial charge is 0.512 e. The van der Waals surface area contributed by atoms with Crippen molar-refractivity contribution in [2.45, 2.75) is 59.8 Å². The predicted octanol–water partition coefficient (Wildman–Crippen LogP) is 4.94. The molecule has 1 rings (SSSR count). The number of allylic oxidation sites excluding steroid dienone is 2. The molecule has 16 heavy (non-hydrogen) atoms. The third-order valence-electron chi connectivity index (χ3n) is 4.18. The van der Waals surface area contributed by atoms with Gasteiger partial charge in [-0.05, 0) is 30.3 Å². The fourth-order valence-electron chi connectivity index (χ4n) is 3.34. The summed E-state index contributed by atoms with van der Waals surface area (Å²) < 4.78 is 0. The second-order valence-corrected chi connectivity index (χ2v) is 5.71. The number of hydrogen-bond donors (Lipinski definition) is 1. The first-order valence-electron chi connectivity index (χ1n) is 6.96. The summed E-state index contributed by atoms with van der Waals surface area (Å²) >= 11 is 0. The van der Waals surface area contributed by atoms with Gasteiger partial charge < -0.3 is 5.11 Å². The Morgan fingerprint density at radius 3 is 2.25 bits per heavy atom. The topological polar surface area (TPSA) is 20.2 Å². The maximum atomic E-state index is 10.2. The van der Waals surface area contributed by atoms with Gasteiger partial charge in [0, 0.05) is 5.92 Å². The van der Waals surface area contributed by atoms with E-state index in [1.807, 2.05) is 6.08 Å². The van der Waals surface area contributed by atoms with Gasteiger partial charge in [-0.15, -0.1) is 0 Å². The first kappa shape index (κ1) is 13.6. The molecule has 1 N–H and O–H groups in total. The first-order chi connectivity index (χ1) is 7.57. The normalized spacial score (nSPS) is 22.7. The Hall–Kier alpha value is -0.460. The van der Waals surface area contributed by atoms with Gasteiger partial charge in [0.05, 0.1) is 5.76 Å². The molecule has 0 spiro atoms. The molecule has 2 atom stereocenters. The summed E-state index contributed by atoms with van der Waals surface area (Å²) in [4.78, 5) is 0. The van der Waals surface area contributed by atoms with Crippen molar-refractivity contribution in [3.8, 4) is 0 Å². The molecule has 0 bridgehead atoms. The average Bonchev–Trinajstić information content (AvgIpc) is 2.70. The lowest BCUT2D eigenvalue weighted by molar-refractivity contribution is 0.169. The van der Waals surface area contributed by atoms with Crippen LogP contribution in [0.5, 0.6) is 0 Å². The molecule has 1 nitrogen and oxygen atoms in total. The second kappa shape index (κ2) is 6.32. The number of rotatable bonds is 5. The highest BCUT2D eigenvalue weighted by Crippen LogP contribution is 2.39. The van der Waals surface area contributed by atoms with Gasteiger partial charge in [0.15, 0.2) is 0 Å². The average molecular weight is 224 g/mol. The van der Waals surface area contributed by atoms with Gasteiger partial charge in [-0.3, -0.25) is 0 Å². The molecule has 1 fully saturated rings. The number of aliphatic hydroxyl groups excluding tert-OH is 1. The summed E-state index contributed by atoms with van der Waals surface area (Å²) in [6, 6.07) is 0. The Balaban J connectivity index is 2.72. The SMILES string of the molecule is CC/C=C(\O)C(C(C)C)C(C)C1CCCC1. The Bertz CT molecular complexity index is 224. The van der Waals surface area contributed by atoms with Crippen LogP contribution < -0.4 is 0 Å². The van der Waals surface area contributed by atoms with Crippen LogP contribution in [0.4, 0.5) is 0 Å². The lowest BCUT2D eigenvalue weighted by atomic mass is 9.75. The van der Waals surface area contributed by atoms with E-state index in [1.165, 1.54) is 25.7 Å². The molecule has 0 saturated heterocycles. The molecule has 0 amide bonds. The summed E-state index contributed by atoms with van der Waals surface area (Å²) in [5, 5.41) is 10.2. The van der Waals surface area contributed by atoms with Gasteiger partial charge in [0.1, 0.15) is 0 Å². The summed E-state index contributed by atoms with van der Waals surface area (Å²) in [6.45, 7) is 8.89. The van der Waals surface area contributed by atoms with Gasteiger partial charge >= 0.3 is 0 Å². The molecule has 1 aliphatic rings. The van der Waals surface area contributed by atoms with Crippen molar-refractivity contribution in [2.75, 3.05) is 0 Å². The molecule has 0 heterocycles. The van der Waals surface area contributed by atoms with Crippen LogP contribution in [0, 0.1) is 23.7 Å². The Morgan fingerprint density at radius 2 is 1.81 bits per heavy atom. The highest BCUT2D eigenvalue weighted by Gasteiger charge is 2.31. The smallest absolute Gasteiger partial charge is 0.0918 e. The minimum Gasteiger partial charge on any atom is -0.512 e. The molecular weight excluding hydrogens is 196 g/mol. The fraction of sp³-hybridized carbons (Fsp3) is 0.867. The maximum Gasteiger partial charge on any atom is 0.0918 e. The Kier molecular flexibility index (Phi) is 5.37. The zero-order valence-corrected chi connectivity index (χ0v) is 11.4. The maximum absolute atomic E-state index is 10.2. The van der Waals surface area contributed by atoms with E-state index in [1.54, 1.807) is 0 Å². The van der Waals surface area contributed by atoms with E-state index < -0.39 is 0 Å². The van der Waals surface area contributed by atoms with E-state index >= 15 is 0 Å². The predicted molar refractivity (Wildman–Crippen MR) is 70.5 cm³/mol. The molecule has 2 unspecified atom stereocenters. The van der Waals surface area contributed by atoms with Crippen LogP contribution in [0.1, 0.15) is 59.8 Å². The highest BCUT2D eigenvalue weighted by molar-refractivity contribution is 5.01. The molecule has 94 valence electrons. The van der Waals surface area contributed by atoms with Gasteiger partial charge in [0.2, 0.25) is 0 Å². The molecule has 1 saturated carbocycles. The summed E-state index contributed by atoms with van der Waals surface area (Å²) in [5.74, 6) is 3.00. The standard InChI is InChI=1S/C15H28O/c1-5-8-14(16)15(11(2)3)12(4)13-9-6-7-10-13/h8,11-13,15-16H,5-7,9-10H2,1-4H3/b14-8-. The van der Waals surface area contributed by atoms with E-state index in [9.17, 15) is 5.11 Å². The third-order valence-corrected chi connectivity index (χ3v) is 4.18. The lowest BCUT2D eigenvalue weighted by Crippen LogP contribution is -2.25. The van der Waals surface area contributed by atoms with E-state index in [-0.39, 0.29) is 0 Å². The van der Waals surface area contributed by atoms with Gasteiger partial charge in [-0.25, -0.2) is 0 Å². The second-order valence-electron chi connectivity index (χ2n) is 5.71. The van der Waals surface area contributed by atoms with E-state index in [2.05, 4.69) is 27.7 Å². The molecule has 0 radical (unpaired) electrons. The quantitative estimate of drug-likeness (QED) is 0.656. The van der Waals surface area contributed by atoms with Crippen LogP contribution in [0.3, 0.4) is 0 Å². The van der Waals surface area contributed by atoms with Gasteiger partial charge in [0.25, 0.3) is 0 Å². The first-order valence-corrected chi connectivity index (χ1v) is 6.96. The van der Waals surface area contributed by atoms with E-state index in [0.717, 1.165) is 12.3 Å². The molecule has 1 aliphatic carbocycles. The minimum absolute atomic E-state index is 0.364. The van der Waals surface area contributed by atoms with Crippen molar-refractivity contribution in [3.05, 3.63) is 11.8 Å². The van der Waals surface area contributed by atoms with Gasteiger partial charge in [-0.1, -0.05) is 53.4 Å². The minimum atomic E-state index is 0.364. The zero-order valence-electron chi connectivity index (χ0n) is 11.4. The van der Waals surface area contributed by atoms with Crippen LogP contribution >= 0.6 is 0 Å². The van der Waals surface area contributed by atoms with Gasteiger partial charge in [-0.2, -0.15) is 0 Å². The van der Waals surface area contributed by atoms with Crippen molar-refractivity contribution in [2.24, 2.45) is 23.7 Å².